The van der Waals surface area contributed by atoms with E-state index in [1.54, 1.807) is 24.3 Å². The van der Waals surface area contributed by atoms with Gasteiger partial charge in [-0.2, -0.15) is 5.10 Å². The number of carbonyl (C=O) groups excluding carboxylic acids is 3. The van der Waals surface area contributed by atoms with E-state index in [9.17, 15) is 14.4 Å². The molecule has 0 heterocycles. The Balaban J connectivity index is 1.68. The molecule has 0 bridgehead atoms. The summed E-state index contributed by atoms with van der Waals surface area (Å²) in [4.78, 5) is 35.2. The molecule has 2 aromatic carbocycles. The maximum atomic E-state index is 11.8. The van der Waals surface area contributed by atoms with Gasteiger partial charge in [0, 0.05) is 13.1 Å². The highest BCUT2D eigenvalue weighted by Crippen LogP contribution is 2.10. The molecule has 8 heteroatoms. The topological polar surface area (TPSA) is 109 Å². The predicted octanol–water partition coefficient (Wildman–Crippen LogP) is 1.65. The van der Waals surface area contributed by atoms with Gasteiger partial charge in [-0.25, -0.2) is 5.43 Å². The first-order valence-electron chi connectivity index (χ1n) is 10.1. The van der Waals surface area contributed by atoms with Gasteiger partial charge in [0.25, 0.3) is 5.91 Å². The number of hydrogen-bond donors (Lipinski definition) is 3. The second-order valence-electron chi connectivity index (χ2n) is 7.25. The van der Waals surface area contributed by atoms with Crippen molar-refractivity contribution in [2.45, 2.75) is 20.3 Å². The highest BCUT2D eigenvalue weighted by molar-refractivity contribution is 6.35. The lowest BCUT2D eigenvalue weighted by molar-refractivity contribution is -0.139. The van der Waals surface area contributed by atoms with Crippen LogP contribution in [0.4, 0.5) is 0 Å². The van der Waals surface area contributed by atoms with E-state index in [2.05, 4.69) is 21.2 Å². The minimum Gasteiger partial charge on any atom is -0.484 e. The summed E-state index contributed by atoms with van der Waals surface area (Å²) in [5.74, 6) is -0.838. The van der Waals surface area contributed by atoms with Crippen LogP contribution in [-0.2, 0) is 20.8 Å². The van der Waals surface area contributed by atoms with Crippen molar-refractivity contribution in [1.82, 2.24) is 16.1 Å². The van der Waals surface area contributed by atoms with Crippen LogP contribution >= 0.6 is 0 Å². The van der Waals surface area contributed by atoms with E-state index in [0.717, 1.165) is 5.56 Å². The number of rotatable bonds is 10. The van der Waals surface area contributed by atoms with Crippen LogP contribution < -0.4 is 20.8 Å². The van der Waals surface area contributed by atoms with E-state index in [1.807, 2.05) is 44.2 Å². The van der Waals surface area contributed by atoms with Crippen LogP contribution in [0.15, 0.2) is 59.7 Å². The van der Waals surface area contributed by atoms with Gasteiger partial charge in [0.15, 0.2) is 6.61 Å². The number of amides is 3. The molecule has 0 atom stereocenters. The van der Waals surface area contributed by atoms with E-state index in [0.29, 0.717) is 36.7 Å². The zero-order valence-corrected chi connectivity index (χ0v) is 17.8. The molecule has 2 rings (SSSR count). The molecule has 3 amide bonds. The van der Waals surface area contributed by atoms with Crippen molar-refractivity contribution in [3.8, 4) is 5.75 Å². The molecule has 0 aromatic heterocycles. The Morgan fingerprint density at radius 1 is 0.968 bits per heavy atom. The molecule has 0 spiro atoms. The molecule has 0 saturated heterocycles. The zero-order valence-electron chi connectivity index (χ0n) is 17.8. The van der Waals surface area contributed by atoms with Crippen molar-refractivity contribution >= 4 is 23.9 Å². The third kappa shape index (κ3) is 9.58. The third-order valence-corrected chi connectivity index (χ3v) is 4.09. The van der Waals surface area contributed by atoms with E-state index >= 15 is 0 Å². The molecule has 0 aliphatic carbocycles. The van der Waals surface area contributed by atoms with Crippen molar-refractivity contribution in [2.24, 2.45) is 11.0 Å². The normalized spacial score (nSPS) is 10.7. The standard InChI is InChI=1S/C23H28N4O4/c1-17(2)14-25-21(28)16-31-20-10-8-19(9-11-20)15-26-27-23(30)22(29)24-13-12-18-6-4-3-5-7-18/h3-11,15,17H,12-14,16H2,1-2H3,(H,24,29)(H,25,28)(H,27,30)/b26-15+. The molecule has 0 radical (unpaired) electrons. The zero-order chi connectivity index (χ0) is 22.5. The number of hydrogen-bond acceptors (Lipinski definition) is 5. The summed E-state index contributed by atoms with van der Waals surface area (Å²) < 4.78 is 5.42. The van der Waals surface area contributed by atoms with Crippen molar-refractivity contribution in [3.05, 3.63) is 65.7 Å². The van der Waals surface area contributed by atoms with Gasteiger partial charge >= 0.3 is 11.8 Å². The van der Waals surface area contributed by atoms with Gasteiger partial charge in [-0.05, 0) is 47.7 Å². The molecule has 2 aromatic rings. The smallest absolute Gasteiger partial charge is 0.329 e. The molecule has 0 saturated carbocycles. The summed E-state index contributed by atoms with van der Waals surface area (Å²) in [5.41, 5.74) is 3.96. The summed E-state index contributed by atoms with van der Waals surface area (Å²) in [5, 5.41) is 9.11. The first-order valence-corrected chi connectivity index (χ1v) is 10.1. The van der Waals surface area contributed by atoms with Crippen molar-refractivity contribution in [1.29, 1.82) is 0 Å². The Hall–Kier alpha value is -3.68. The Labute approximate surface area is 182 Å². The van der Waals surface area contributed by atoms with Gasteiger partial charge in [0.2, 0.25) is 0 Å². The highest BCUT2D eigenvalue weighted by atomic mass is 16.5. The predicted molar refractivity (Wildman–Crippen MR) is 119 cm³/mol. The number of nitrogens with one attached hydrogen (secondary N) is 3. The lowest BCUT2D eigenvalue weighted by atomic mass is 10.1. The fraction of sp³-hybridized carbons (Fsp3) is 0.304. The van der Waals surface area contributed by atoms with Crippen LogP contribution in [0, 0.1) is 5.92 Å². The molecule has 0 unspecified atom stereocenters. The van der Waals surface area contributed by atoms with Gasteiger partial charge in [-0.3, -0.25) is 14.4 Å². The molecule has 0 aliphatic rings. The summed E-state index contributed by atoms with van der Waals surface area (Å²) in [6, 6.07) is 16.5. The van der Waals surface area contributed by atoms with Crippen LogP contribution in [0.3, 0.4) is 0 Å². The minimum atomic E-state index is -0.836. The third-order valence-electron chi connectivity index (χ3n) is 4.09. The van der Waals surface area contributed by atoms with Crippen LogP contribution in [0.1, 0.15) is 25.0 Å². The fourth-order valence-corrected chi connectivity index (χ4v) is 2.43. The van der Waals surface area contributed by atoms with Crippen LogP contribution in [0.2, 0.25) is 0 Å². The Morgan fingerprint density at radius 2 is 1.68 bits per heavy atom. The lowest BCUT2D eigenvalue weighted by Gasteiger charge is -2.09. The Kier molecular flexibility index (Phi) is 9.74. The number of nitrogens with zero attached hydrogens (tertiary/aromatic N) is 1. The summed E-state index contributed by atoms with van der Waals surface area (Å²) >= 11 is 0. The SMILES string of the molecule is CC(C)CNC(=O)COc1ccc(/C=N/NC(=O)C(=O)NCCc2ccccc2)cc1. The highest BCUT2D eigenvalue weighted by Gasteiger charge is 2.11. The van der Waals surface area contributed by atoms with Gasteiger partial charge in [0.1, 0.15) is 5.75 Å². The van der Waals surface area contributed by atoms with E-state index < -0.39 is 11.8 Å². The van der Waals surface area contributed by atoms with Crippen LogP contribution in [0.25, 0.3) is 0 Å². The van der Waals surface area contributed by atoms with E-state index in [-0.39, 0.29) is 12.5 Å². The quantitative estimate of drug-likeness (QED) is 0.306. The number of benzene rings is 2. The minimum absolute atomic E-state index is 0.0599. The summed E-state index contributed by atoms with van der Waals surface area (Å²) in [6.45, 7) is 4.94. The molecule has 8 nitrogen and oxygen atoms in total. The van der Waals surface area contributed by atoms with Gasteiger partial charge < -0.3 is 15.4 Å². The maximum Gasteiger partial charge on any atom is 0.329 e. The largest absolute Gasteiger partial charge is 0.484 e. The monoisotopic (exact) mass is 424 g/mol. The van der Waals surface area contributed by atoms with Crippen LogP contribution in [-0.4, -0.2) is 43.6 Å². The fourth-order valence-electron chi connectivity index (χ4n) is 2.43. The maximum absolute atomic E-state index is 11.8. The number of ether oxygens (including phenoxy) is 1. The van der Waals surface area contributed by atoms with Crippen molar-refractivity contribution in [3.63, 3.8) is 0 Å². The average Bonchev–Trinajstić information content (AvgIpc) is 2.77. The van der Waals surface area contributed by atoms with Crippen LogP contribution in [0.5, 0.6) is 5.75 Å². The van der Waals surface area contributed by atoms with Gasteiger partial charge in [-0.1, -0.05) is 44.2 Å². The second kappa shape index (κ2) is 12.8. The van der Waals surface area contributed by atoms with E-state index in [4.69, 9.17) is 4.74 Å². The van der Waals surface area contributed by atoms with E-state index in [1.165, 1.54) is 6.21 Å². The van der Waals surface area contributed by atoms with Crippen molar-refractivity contribution in [2.75, 3.05) is 19.7 Å². The van der Waals surface area contributed by atoms with Crippen molar-refractivity contribution < 1.29 is 19.1 Å². The lowest BCUT2D eigenvalue weighted by Crippen LogP contribution is -2.38. The molecular weight excluding hydrogens is 396 g/mol. The Bertz CT molecular complexity index is 880. The average molecular weight is 425 g/mol. The number of hydrazone groups is 1. The number of carbonyl (C=O) groups is 3. The molecule has 164 valence electrons. The van der Waals surface area contributed by atoms with Gasteiger partial charge in [-0.15, -0.1) is 0 Å². The molecule has 3 N–H and O–H groups in total. The molecule has 0 aliphatic heterocycles. The van der Waals surface area contributed by atoms with Gasteiger partial charge in [0.05, 0.1) is 6.21 Å². The first-order chi connectivity index (χ1) is 14.9. The Morgan fingerprint density at radius 3 is 2.35 bits per heavy atom. The summed E-state index contributed by atoms with van der Waals surface area (Å²) in [7, 11) is 0. The second-order valence-corrected chi connectivity index (χ2v) is 7.25. The molecule has 31 heavy (non-hydrogen) atoms. The first kappa shape index (κ1) is 23.6. The summed E-state index contributed by atoms with van der Waals surface area (Å²) in [6.07, 6.45) is 2.05. The molecule has 0 fully saturated rings. The molecular formula is C23H28N4O4.